The highest BCUT2D eigenvalue weighted by molar-refractivity contribution is 6.03. The number of halogens is 3. The molecule has 10 nitrogen and oxygen atoms in total. The second-order valence-corrected chi connectivity index (χ2v) is 8.18. The predicted octanol–water partition coefficient (Wildman–Crippen LogP) is 3.49. The molecule has 1 aliphatic rings. The molecule has 0 fully saturated rings. The number of nitrogens with one attached hydrogen (secondary N) is 2. The van der Waals surface area contributed by atoms with Crippen molar-refractivity contribution in [2.24, 2.45) is 0 Å². The van der Waals surface area contributed by atoms with Crippen molar-refractivity contribution in [3.05, 3.63) is 53.2 Å². The molecule has 1 amide bonds. The fourth-order valence-electron chi connectivity index (χ4n) is 3.76. The topological polar surface area (TPSA) is 110 Å². The van der Waals surface area contributed by atoms with Crippen LogP contribution in [0.15, 0.2) is 30.7 Å². The first-order chi connectivity index (χ1) is 16.7. The van der Waals surface area contributed by atoms with E-state index in [1.807, 2.05) is 11.9 Å². The van der Waals surface area contributed by atoms with E-state index in [2.05, 4.69) is 30.7 Å². The summed E-state index contributed by atoms with van der Waals surface area (Å²) in [6.45, 7) is 2.91. The molecule has 0 saturated carbocycles. The van der Waals surface area contributed by atoms with Crippen LogP contribution in [-0.2, 0) is 28.8 Å². The van der Waals surface area contributed by atoms with Gasteiger partial charge in [0.2, 0.25) is 11.9 Å². The SMILES string of the molecule is C.COCC[C@@H]1C(=O)Nc2c(C)nc(NCc3cnn(Cc4ccc(C(F)(F)F)nc4)c3)nc2N1C. The molecular weight excluding hydrogens is 477 g/mol. The molecule has 3 aromatic heterocycles. The van der Waals surface area contributed by atoms with Gasteiger partial charge in [0.1, 0.15) is 17.4 Å². The number of pyridine rings is 1. The highest BCUT2D eigenvalue weighted by Gasteiger charge is 2.33. The first-order valence-corrected chi connectivity index (χ1v) is 10.8. The molecule has 194 valence electrons. The third-order valence-electron chi connectivity index (χ3n) is 5.62. The number of amides is 1. The molecule has 0 radical (unpaired) electrons. The molecule has 4 heterocycles. The second-order valence-electron chi connectivity index (χ2n) is 8.18. The van der Waals surface area contributed by atoms with E-state index < -0.39 is 17.9 Å². The van der Waals surface area contributed by atoms with Crippen LogP contribution in [-0.4, -0.2) is 57.4 Å². The first-order valence-electron chi connectivity index (χ1n) is 10.8. The number of aryl methyl sites for hydroxylation is 1. The monoisotopic (exact) mass is 506 g/mol. The van der Waals surface area contributed by atoms with Crippen molar-refractivity contribution in [2.75, 3.05) is 36.3 Å². The van der Waals surface area contributed by atoms with Gasteiger partial charge in [0.15, 0.2) is 5.82 Å². The molecule has 2 N–H and O–H groups in total. The number of anilines is 3. The molecular formula is C23H29F3N8O2. The quantitative estimate of drug-likeness (QED) is 0.478. The number of rotatable bonds is 8. The average Bonchev–Trinajstić information content (AvgIpc) is 3.25. The number of carbonyl (C=O) groups is 1. The van der Waals surface area contributed by atoms with Crippen LogP contribution < -0.4 is 15.5 Å². The molecule has 4 rings (SSSR count). The van der Waals surface area contributed by atoms with E-state index in [0.717, 1.165) is 11.6 Å². The van der Waals surface area contributed by atoms with Crippen LogP contribution in [0.2, 0.25) is 0 Å². The summed E-state index contributed by atoms with van der Waals surface area (Å²) in [7, 11) is 3.40. The number of alkyl halides is 3. The third kappa shape index (κ3) is 5.90. The largest absolute Gasteiger partial charge is 0.433 e. The van der Waals surface area contributed by atoms with Crippen LogP contribution in [0.25, 0.3) is 0 Å². The lowest BCUT2D eigenvalue weighted by Gasteiger charge is -2.34. The Bertz CT molecular complexity index is 1200. The van der Waals surface area contributed by atoms with Crippen molar-refractivity contribution in [3.8, 4) is 0 Å². The summed E-state index contributed by atoms with van der Waals surface area (Å²) < 4.78 is 44.8. The lowest BCUT2D eigenvalue weighted by Crippen LogP contribution is -2.47. The number of ether oxygens (including phenoxy) is 1. The normalized spacial score (nSPS) is 15.2. The number of carbonyl (C=O) groups excluding carboxylic acids is 1. The predicted molar refractivity (Wildman–Crippen MR) is 129 cm³/mol. The molecule has 0 spiro atoms. The van der Waals surface area contributed by atoms with E-state index in [-0.39, 0.29) is 19.9 Å². The van der Waals surface area contributed by atoms with Crippen LogP contribution in [0.5, 0.6) is 0 Å². The third-order valence-corrected chi connectivity index (χ3v) is 5.62. The van der Waals surface area contributed by atoms with Crippen molar-refractivity contribution in [1.29, 1.82) is 0 Å². The molecule has 0 saturated heterocycles. The summed E-state index contributed by atoms with van der Waals surface area (Å²) in [6.07, 6.45) is 0.691. The van der Waals surface area contributed by atoms with Gasteiger partial charge >= 0.3 is 6.18 Å². The van der Waals surface area contributed by atoms with Crippen molar-refractivity contribution in [3.63, 3.8) is 0 Å². The number of aromatic nitrogens is 5. The maximum Gasteiger partial charge on any atom is 0.433 e. The maximum atomic E-state index is 12.7. The summed E-state index contributed by atoms with van der Waals surface area (Å²) >= 11 is 0. The van der Waals surface area contributed by atoms with E-state index in [1.54, 1.807) is 31.1 Å². The Morgan fingerprint density at radius 1 is 1.19 bits per heavy atom. The molecule has 0 unspecified atom stereocenters. The number of likely N-dealkylation sites (N-methyl/N-ethyl adjacent to an activating group) is 1. The van der Waals surface area contributed by atoms with Gasteiger partial charge in [0.25, 0.3) is 0 Å². The van der Waals surface area contributed by atoms with Gasteiger partial charge in [-0.1, -0.05) is 13.5 Å². The van der Waals surface area contributed by atoms with Gasteiger partial charge in [-0.05, 0) is 18.6 Å². The number of hydrogen-bond acceptors (Lipinski definition) is 8. The minimum atomic E-state index is -4.47. The van der Waals surface area contributed by atoms with E-state index in [1.165, 1.54) is 12.3 Å². The second kappa shape index (κ2) is 10.9. The molecule has 3 aromatic rings. The van der Waals surface area contributed by atoms with Gasteiger partial charge < -0.3 is 20.3 Å². The summed E-state index contributed by atoms with van der Waals surface area (Å²) in [4.78, 5) is 26.8. The number of hydrogen-bond donors (Lipinski definition) is 2. The van der Waals surface area contributed by atoms with E-state index >= 15 is 0 Å². The Hall–Kier alpha value is -3.74. The first kappa shape index (κ1) is 26.9. The number of methoxy groups -OCH3 is 1. The van der Waals surface area contributed by atoms with Gasteiger partial charge in [-0.3, -0.25) is 14.5 Å². The van der Waals surface area contributed by atoms with E-state index in [4.69, 9.17) is 4.74 Å². The van der Waals surface area contributed by atoms with Crippen molar-refractivity contribution >= 4 is 23.4 Å². The molecule has 1 atom stereocenters. The van der Waals surface area contributed by atoms with Crippen LogP contribution in [0.3, 0.4) is 0 Å². The summed E-state index contributed by atoms with van der Waals surface area (Å²) in [5.41, 5.74) is 1.72. The fourth-order valence-corrected chi connectivity index (χ4v) is 3.76. The highest BCUT2D eigenvalue weighted by atomic mass is 19.4. The Morgan fingerprint density at radius 3 is 2.64 bits per heavy atom. The highest BCUT2D eigenvalue weighted by Crippen LogP contribution is 2.33. The lowest BCUT2D eigenvalue weighted by molar-refractivity contribution is -0.141. The van der Waals surface area contributed by atoms with Crippen LogP contribution in [0.4, 0.5) is 30.6 Å². The standard InChI is InChI=1S/C22H25F3N8O2.CH4/c1-13-18-19(32(2)16(6-7-35-3)20(34)30-18)31-21(29-13)27-9-15-10-28-33(12-15)11-14-4-5-17(26-8-14)22(23,24)25;/h4-5,8,10,12,16H,6-7,9,11H2,1-3H3,(H,30,34)(H,27,29,31);1H4/t16-;/m1./s1. The molecule has 13 heteroatoms. The minimum Gasteiger partial charge on any atom is -0.385 e. The van der Waals surface area contributed by atoms with Crippen molar-refractivity contribution in [2.45, 2.75) is 46.1 Å². The summed E-state index contributed by atoms with van der Waals surface area (Å²) in [5, 5.41) is 10.3. The van der Waals surface area contributed by atoms with Crippen molar-refractivity contribution in [1.82, 2.24) is 24.7 Å². The summed E-state index contributed by atoms with van der Waals surface area (Å²) in [6, 6.07) is 1.94. The van der Waals surface area contributed by atoms with Crippen LogP contribution in [0.1, 0.15) is 36.4 Å². The van der Waals surface area contributed by atoms with E-state index in [0.29, 0.717) is 48.3 Å². The zero-order valence-corrected chi connectivity index (χ0v) is 19.4. The van der Waals surface area contributed by atoms with Crippen molar-refractivity contribution < 1.29 is 22.7 Å². The molecule has 36 heavy (non-hydrogen) atoms. The number of fused-ring (bicyclic) bond motifs is 1. The van der Waals surface area contributed by atoms with Gasteiger partial charge in [0, 0.05) is 51.7 Å². The van der Waals surface area contributed by atoms with E-state index in [9.17, 15) is 18.0 Å². The van der Waals surface area contributed by atoms with Gasteiger partial charge in [-0.15, -0.1) is 0 Å². The Morgan fingerprint density at radius 2 is 1.97 bits per heavy atom. The smallest absolute Gasteiger partial charge is 0.385 e. The maximum absolute atomic E-state index is 12.7. The Balaban J connectivity index is 0.00000361. The van der Waals surface area contributed by atoms with Crippen LogP contribution >= 0.6 is 0 Å². The Labute approximate surface area is 206 Å². The Kier molecular flexibility index (Phi) is 8.13. The average molecular weight is 507 g/mol. The van der Waals surface area contributed by atoms with Gasteiger partial charge in [-0.25, -0.2) is 4.98 Å². The fraction of sp³-hybridized carbons (Fsp3) is 0.435. The molecule has 0 bridgehead atoms. The number of nitrogens with zero attached hydrogens (tertiary/aromatic N) is 6. The van der Waals surface area contributed by atoms with Gasteiger partial charge in [-0.2, -0.15) is 23.3 Å². The molecule has 0 aliphatic carbocycles. The lowest BCUT2D eigenvalue weighted by atomic mass is 10.1. The zero-order chi connectivity index (χ0) is 25.2. The zero-order valence-electron chi connectivity index (χ0n) is 19.4. The van der Waals surface area contributed by atoms with Crippen LogP contribution in [0, 0.1) is 6.92 Å². The van der Waals surface area contributed by atoms with Gasteiger partial charge in [0.05, 0.1) is 18.4 Å². The summed E-state index contributed by atoms with van der Waals surface area (Å²) in [5.74, 6) is 0.890. The molecule has 0 aromatic carbocycles. The molecule has 1 aliphatic heterocycles. The minimum absolute atomic E-state index is 0.